The van der Waals surface area contributed by atoms with Gasteiger partial charge >= 0.3 is 0 Å². The molecule has 4 aromatic rings. The van der Waals surface area contributed by atoms with Crippen molar-refractivity contribution >= 4 is 11.3 Å². The van der Waals surface area contributed by atoms with Gasteiger partial charge in [0.2, 0.25) is 0 Å². The molecule has 0 N–H and O–H groups in total. The van der Waals surface area contributed by atoms with Crippen LogP contribution in [0.4, 0.5) is 0 Å². The van der Waals surface area contributed by atoms with E-state index in [9.17, 15) is 0 Å². The van der Waals surface area contributed by atoms with Crippen molar-refractivity contribution in [3.8, 4) is 11.4 Å². The van der Waals surface area contributed by atoms with Gasteiger partial charge in [-0.25, -0.2) is 9.97 Å². The fraction of sp³-hybridized carbons (Fsp3) is 0. The largest absolute Gasteiger partial charge is 0.298 e. The van der Waals surface area contributed by atoms with Crippen LogP contribution in [0.15, 0.2) is 61.2 Å². The monoisotopic (exact) mass is 234 g/mol. The predicted octanol–water partition coefficient (Wildman–Crippen LogP) is 2.65. The Morgan fingerprint density at radius 3 is 1.67 bits per heavy atom. The molecule has 0 aliphatic heterocycles. The summed E-state index contributed by atoms with van der Waals surface area (Å²) in [6, 6.07) is 12.0. The summed E-state index contributed by atoms with van der Waals surface area (Å²) < 4.78 is 4.13. The number of imidazole rings is 2. The molecule has 4 heteroatoms. The lowest BCUT2D eigenvalue weighted by Gasteiger charge is -2.01. The Bertz CT molecular complexity index is 769. The fourth-order valence-electron chi connectivity index (χ4n) is 2.24. The molecule has 0 amide bonds. The predicted molar refractivity (Wildman–Crippen MR) is 69.4 cm³/mol. The molecule has 0 unspecified atom stereocenters. The number of fused-ring (bicyclic) bond motifs is 2. The molecule has 0 saturated heterocycles. The molecule has 0 aliphatic carbocycles. The van der Waals surface area contributed by atoms with Crippen molar-refractivity contribution in [3.63, 3.8) is 0 Å². The van der Waals surface area contributed by atoms with Gasteiger partial charge in [-0.2, -0.15) is 0 Å². The molecule has 4 heterocycles. The highest BCUT2D eigenvalue weighted by Crippen LogP contribution is 2.21. The van der Waals surface area contributed by atoms with Crippen LogP contribution in [0.5, 0.6) is 0 Å². The summed E-state index contributed by atoms with van der Waals surface area (Å²) in [6.07, 6.45) is 7.79. The minimum absolute atomic E-state index is 0.943. The van der Waals surface area contributed by atoms with Gasteiger partial charge in [0, 0.05) is 12.4 Å². The SMILES string of the molecule is c1ccn2c(-c3cnc4ccccn34)cnc2c1. The summed E-state index contributed by atoms with van der Waals surface area (Å²) >= 11 is 0. The molecule has 0 aliphatic rings. The minimum Gasteiger partial charge on any atom is -0.298 e. The van der Waals surface area contributed by atoms with E-state index in [1.165, 1.54) is 0 Å². The van der Waals surface area contributed by atoms with E-state index in [4.69, 9.17) is 0 Å². The summed E-state index contributed by atoms with van der Waals surface area (Å²) in [5.41, 5.74) is 3.98. The van der Waals surface area contributed by atoms with Gasteiger partial charge in [0.05, 0.1) is 23.8 Å². The van der Waals surface area contributed by atoms with Crippen LogP contribution in [0, 0.1) is 0 Å². The second-order valence-corrected chi connectivity index (χ2v) is 4.14. The Kier molecular flexibility index (Phi) is 1.80. The standard InChI is InChI=1S/C14H10N4/c1-3-7-17-11(9-15-13(17)5-1)12-10-16-14-6-2-4-8-18(12)14/h1-10H. The topological polar surface area (TPSA) is 34.6 Å². The Morgan fingerprint density at radius 2 is 1.17 bits per heavy atom. The Morgan fingerprint density at radius 1 is 0.667 bits per heavy atom. The highest BCUT2D eigenvalue weighted by molar-refractivity contribution is 5.63. The molecular formula is C14H10N4. The molecule has 0 aromatic carbocycles. The summed E-state index contributed by atoms with van der Waals surface area (Å²) in [5.74, 6) is 0. The van der Waals surface area contributed by atoms with E-state index in [2.05, 4.69) is 18.8 Å². The van der Waals surface area contributed by atoms with E-state index in [1.807, 2.05) is 61.2 Å². The highest BCUT2D eigenvalue weighted by atomic mass is 15.1. The Balaban J connectivity index is 2.08. The van der Waals surface area contributed by atoms with Crippen LogP contribution in [0.2, 0.25) is 0 Å². The van der Waals surface area contributed by atoms with E-state index < -0.39 is 0 Å². The van der Waals surface area contributed by atoms with Gasteiger partial charge in [0.1, 0.15) is 11.3 Å². The first kappa shape index (κ1) is 9.41. The van der Waals surface area contributed by atoms with Gasteiger partial charge in [0.25, 0.3) is 0 Å². The van der Waals surface area contributed by atoms with E-state index in [0.29, 0.717) is 0 Å². The Labute approximate surface area is 103 Å². The average Bonchev–Trinajstić information content (AvgIpc) is 3.01. The third-order valence-electron chi connectivity index (χ3n) is 3.10. The first-order valence-corrected chi connectivity index (χ1v) is 5.78. The number of rotatable bonds is 1. The third kappa shape index (κ3) is 1.20. The van der Waals surface area contributed by atoms with Crippen LogP contribution < -0.4 is 0 Å². The summed E-state index contributed by atoms with van der Waals surface area (Å²) in [5, 5.41) is 0. The van der Waals surface area contributed by atoms with Gasteiger partial charge in [-0.15, -0.1) is 0 Å². The molecule has 0 atom stereocenters. The third-order valence-corrected chi connectivity index (χ3v) is 3.10. The van der Waals surface area contributed by atoms with E-state index >= 15 is 0 Å². The average molecular weight is 234 g/mol. The zero-order valence-corrected chi connectivity index (χ0v) is 9.56. The zero-order valence-electron chi connectivity index (χ0n) is 9.56. The second kappa shape index (κ2) is 3.43. The molecule has 0 saturated carbocycles. The lowest BCUT2D eigenvalue weighted by atomic mass is 10.3. The van der Waals surface area contributed by atoms with Gasteiger partial charge in [-0.3, -0.25) is 8.80 Å². The van der Waals surface area contributed by atoms with Crippen molar-refractivity contribution in [1.82, 2.24) is 18.8 Å². The van der Waals surface area contributed by atoms with Crippen molar-refractivity contribution in [3.05, 3.63) is 61.2 Å². The molecule has 0 bridgehead atoms. The van der Waals surface area contributed by atoms with Crippen LogP contribution in [0.3, 0.4) is 0 Å². The molecule has 4 rings (SSSR count). The van der Waals surface area contributed by atoms with Crippen LogP contribution in [-0.4, -0.2) is 18.8 Å². The fourth-order valence-corrected chi connectivity index (χ4v) is 2.24. The maximum Gasteiger partial charge on any atom is 0.137 e. The maximum atomic E-state index is 4.40. The Hall–Kier alpha value is -2.62. The van der Waals surface area contributed by atoms with Crippen molar-refractivity contribution in [2.45, 2.75) is 0 Å². The molecule has 4 aromatic heterocycles. The normalized spacial score (nSPS) is 11.3. The molecule has 4 nitrogen and oxygen atoms in total. The van der Waals surface area contributed by atoms with E-state index in [0.717, 1.165) is 22.7 Å². The van der Waals surface area contributed by atoms with Crippen LogP contribution in [0.1, 0.15) is 0 Å². The first-order chi connectivity index (χ1) is 8.93. The van der Waals surface area contributed by atoms with Crippen molar-refractivity contribution in [2.24, 2.45) is 0 Å². The number of nitrogens with zero attached hydrogens (tertiary/aromatic N) is 4. The lowest BCUT2D eigenvalue weighted by molar-refractivity contribution is 1.13. The zero-order chi connectivity index (χ0) is 11.9. The number of aromatic nitrogens is 4. The van der Waals surface area contributed by atoms with Gasteiger partial charge in [-0.1, -0.05) is 12.1 Å². The number of pyridine rings is 2. The van der Waals surface area contributed by atoms with Crippen LogP contribution in [-0.2, 0) is 0 Å². The number of hydrogen-bond acceptors (Lipinski definition) is 2. The van der Waals surface area contributed by atoms with E-state index in [-0.39, 0.29) is 0 Å². The first-order valence-electron chi connectivity index (χ1n) is 5.78. The molecule has 18 heavy (non-hydrogen) atoms. The summed E-state index contributed by atoms with van der Waals surface area (Å²) in [7, 11) is 0. The number of hydrogen-bond donors (Lipinski definition) is 0. The van der Waals surface area contributed by atoms with Crippen LogP contribution >= 0.6 is 0 Å². The molecule has 0 radical (unpaired) electrons. The minimum atomic E-state index is 0.943. The maximum absolute atomic E-state index is 4.40. The van der Waals surface area contributed by atoms with Gasteiger partial charge in [0.15, 0.2) is 0 Å². The summed E-state index contributed by atoms with van der Waals surface area (Å²) in [6.45, 7) is 0. The smallest absolute Gasteiger partial charge is 0.137 e. The molecule has 0 spiro atoms. The molecular weight excluding hydrogens is 224 g/mol. The molecule has 86 valence electrons. The lowest BCUT2D eigenvalue weighted by Crippen LogP contribution is -1.91. The van der Waals surface area contributed by atoms with Crippen molar-refractivity contribution < 1.29 is 0 Å². The van der Waals surface area contributed by atoms with Crippen molar-refractivity contribution in [2.75, 3.05) is 0 Å². The highest BCUT2D eigenvalue weighted by Gasteiger charge is 2.09. The summed E-state index contributed by atoms with van der Waals surface area (Å²) in [4.78, 5) is 8.81. The quantitative estimate of drug-likeness (QED) is 0.507. The second-order valence-electron chi connectivity index (χ2n) is 4.14. The van der Waals surface area contributed by atoms with Crippen LogP contribution in [0.25, 0.3) is 22.7 Å². The van der Waals surface area contributed by atoms with Gasteiger partial charge in [-0.05, 0) is 24.3 Å². The molecule has 0 fully saturated rings. The van der Waals surface area contributed by atoms with E-state index in [1.54, 1.807) is 0 Å². The van der Waals surface area contributed by atoms with Gasteiger partial charge < -0.3 is 0 Å². The van der Waals surface area contributed by atoms with Crippen molar-refractivity contribution in [1.29, 1.82) is 0 Å².